The van der Waals surface area contributed by atoms with Gasteiger partial charge in [0.2, 0.25) is 0 Å². The number of anilines is 1. The van der Waals surface area contributed by atoms with Crippen LogP contribution in [0.4, 0.5) is 5.69 Å². The molecule has 1 saturated heterocycles. The van der Waals surface area contributed by atoms with Crippen LogP contribution in [-0.2, 0) is 6.42 Å². The number of carbonyl (C=O) groups is 1. The molecule has 0 saturated carbocycles. The zero-order valence-electron chi connectivity index (χ0n) is 15.6. The van der Waals surface area contributed by atoms with Crippen molar-refractivity contribution in [2.75, 3.05) is 25.5 Å². The van der Waals surface area contributed by atoms with Crippen molar-refractivity contribution in [1.82, 2.24) is 10.2 Å². The van der Waals surface area contributed by atoms with Crippen LogP contribution in [0.15, 0.2) is 54.6 Å². The van der Waals surface area contributed by atoms with Crippen LogP contribution in [0.25, 0.3) is 0 Å². The molecule has 4 rings (SSSR count). The zero-order chi connectivity index (χ0) is 18.2. The van der Waals surface area contributed by atoms with E-state index in [0.29, 0.717) is 5.56 Å². The number of hydrogen-bond donors (Lipinski definition) is 2. The molecule has 1 amide bonds. The Bertz CT molecular complexity index is 769. The molecule has 2 aromatic carbocycles. The van der Waals surface area contributed by atoms with Gasteiger partial charge in [-0.15, -0.1) is 0 Å². The number of hydrogen-bond acceptors (Lipinski definition) is 3. The fraction of sp³-hybridized carbons (Fsp3) is 0.409. The Morgan fingerprint density at radius 2 is 1.69 bits per heavy atom. The van der Waals surface area contributed by atoms with Gasteiger partial charge in [-0.1, -0.05) is 43.3 Å². The molecule has 2 aliphatic rings. The van der Waals surface area contributed by atoms with Crippen molar-refractivity contribution in [1.29, 1.82) is 0 Å². The van der Waals surface area contributed by atoms with E-state index in [1.165, 1.54) is 5.56 Å². The molecule has 2 aliphatic heterocycles. The van der Waals surface area contributed by atoms with Gasteiger partial charge in [-0.2, -0.15) is 0 Å². The summed E-state index contributed by atoms with van der Waals surface area (Å²) in [5, 5.41) is 7.14. The van der Waals surface area contributed by atoms with Crippen molar-refractivity contribution in [2.24, 2.45) is 5.41 Å². The van der Waals surface area contributed by atoms with Gasteiger partial charge < -0.3 is 15.5 Å². The van der Waals surface area contributed by atoms with Crippen molar-refractivity contribution < 1.29 is 4.79 Å². The minimum Gasteiger partial charge on any atom is -0.362 e. The molecule has 1 unspecified atom stereocenters. The quantitative estimate of drug-likeness (QED) is 0.891. The largest absolute Gasteiger partial charge is 0.362 e. The summed E-state index contributed by atoms with van der Waals surface area (Å²) < 4.78 is 0. The molecular formula is C22H27N3O. The average Bonchev–Trinajstić information content (AvgIpc) is 3.05. The maximum Gasteiger partial charge on any atom is 0.253 e. The summed E-state index contributed by atoms with van der Waals surface area (Å²) in [6.07, 6.45) is 2.93. The second-order valence-corrected chi connectivity index (χ2v) is 8.05. The Balaban J connectivity index is 1.68. The first-order chi connectivity index (χ1) is 12.5. The summed E-state index contributed by atoms with van der Waals surface area (Å²) in [5.74, 6) is -0.00828. The minimum atomic E-state index is -0.454. The van der Waals surface area contributed by atoms with E-state index in [4.69, 9.17) is 0 Å². The van der Waals surface area contributed by atoms with Crippen LogP contribution >= 0.6 is 0 Å². The Kier molecular flexibility index (Phi) is 4.23. The lowest BCUT2D eigenvalue weighted by Gasteiger charge is -2.51. The molecule has 1 atom stereocenters. The lowest BCUT2D eigenvalue weighted by Crippen LogP contribution is -2.65. The monoisotopic (exact) mass is 349 g/mol. The Hall–Kier alpha value is -2.33. The normalized spacial score (nSPS) is 24.5. The fourth-order valence-electron chi connectivity index (χ4n) is 4.34. The standard InChI is InChI=1S/C22H27N3O/c1-21(12-14-25(2)15-13-21)22(16-18-10-6-7-11-19(18)23-22)24-20(26)17-8-4-3-5-9-17/h3-11,23H,12-16H2,1-2H3,(H,24,26). The molecule has 2 aromatic rings. The van der Waals surface area contributed by atoms with E-state index in [1.54, 1.807) is 0 Å². The van der Waals surface area contributed by atoms with E-state index in [2.05, 4.69) is 53.8 Å². The first-order valence-corrected chi connectivity index (χ1v) is 9.44. The number of carbonyl (C=O) groups excluding carboxylic acids is 1. The third-order valence-corrected chi connectivity index (χ3v) is 6.30. The highest BCUT2D eigenvalue weighted by Crippen LogP contribution is 2.47. The number of fused-ring (bicyclic) bond motifs is 1. The first-order valence-electron chi connectivity index (χ1n) is 9.44. The lowest BCUT2D eigenvalue weighted by molar-refractivity contribution is 0.0432. The number of likely N-dealkylation sites (tertiary alicyclic amines) is 1. The Morgan fingerprint density at radius 1 is 1.04 bits per heavy atom. The molecule has 4 nitrogen and oxygen atoms in total. The summed E-state index contributed by atoms with van der Waals surface area (Å²) in [4.78, 5) is 15.4. The van der Waals surface area contributed by atoms with Crippen LogP contribution in [0, 0.1) is 5.41 Å². The average molecular weight is 349 g/mol. The fourth-order valence-corrected chi connectivity index (χ4v) is 4.34. The van der Waals surface area contributed by atoms with Crippen molar-refractivity contribution in [3.05, 3.63) is 65.7 Å². The summed E-state index contributed by atoms with van der Waals surface area (Å²) in [5.41, 5.74) is 2.66. The highest BCUT2D eigenvalue weighted by atomic mass is 16.2. The molecule has 0 spiro atoms. The third kappa shape index (κ3) is 2.88. The van der Waals surface area contributed by atoms with Crippen LogP contribution in [0.1, 0.15) is 35.7 Å². The van der Waals surface area contributed by atoms with E-state index < -0.39 is 5.66 Å². The second-order valence-electron chi connectivity index (χ2n) is 8.05. The zero-order valence-corrected chi connectivity index (χ0v) is 15.6. The van der Waals surface area contributed by atoms with E-state index in [0.717, 1.165) is 38.0 Å². The number of amides is 1. The molecule has 0 radical (unpaired) electrons. The van der Waals surface area contributed by atoms with Gasteiger partial charge in [-0.05, 0) is 56.7 Å². The highest BCUT2D eigenvalue weighted by Gasteiger charge is 2.53. The minimum absolute atomic E-state index is 0.00828. The van der Waals surface area contributed by atoms with Gasteiger partial charge in [0.05, 0.1) is 0 Å². The summed E-state index contributed by atoms with van der Waals surface area (Å²) in [7, 11) is 2.17. The van der Waals surface area contributed by atoms with Crippen LogP contribution in [-0.4, -0.2) is 36.6 Å². The molecule has 4 heteroatoms. The second kappa shape index (κ2) is 6.44. The van der Waals surface area contributed by atoms with Crippen molar-refractivity contribution >= 4 is 11.6 Å². The van der Waals surface area contributed by atoms with E-state index in [9.17, 15) is 4.79 Å². The van der Waals surface area contributed by atoms with Gasteiger partial charge in [0.15, 0.2) is 0 Å². The van der Waals surface area contributed by atoms with Crippen molar-refractivity contribution in [3.8, 4) is 0 Å². The molecule has 2 N–H and O–H groups in total. The maximum atomic E-state index is 13.0. The number of rotatable bonds is 3. The molecular weight excluding hydrogens is 322 g/mol. The molecule has 2 heterocycles. The van der Waals surface area contributed by atoms with Crippen LogP contribution < -0.4 is 10.6 Å². The topological polar surface area (TPSA) is 44.4 Å². The highest BCUT2D eigenvalue weighted by molar-refractivity contribution is 5.95. The van der Waals surface area contributed by atoms with Crippen molar-refractivity contribution in [3.63, 3.8) is 0 Å². The molecule has 0 bridgehead atoms. The van der Waals surface area contributed by atoms with Crippen LogP contribution in [0.2, 0.25) is 0 Å². The predicted molar refractivity (Wildman–Crippen MR) is 105 cm³/mol. The number of nitrogens with one attached hydrogen (secondary N) is 2. The van der Waals surface area contributed by atoms with Crippen LogP contribution in [0.5, 0.6) is 0 Å². The predicted octanol–water partition coefficient (Wildman–Crippen LogP) is 3.51. The number of para-hydroxylation sites is 1. The molecule has 1 fully saturated rings. The first kappa shape index (κ1) is 17.1. The third-order valence-electron chi connectivity index (χ3n) is 6.30. The van der Waals surface area contributed by atoms with Gasteiger partial charge in [0.1, 0.15) is 5.66 Å². The van der Waals surface area contributed by atoms with Crippen LogP contribution in [0.3, 0.4) is 0 Å². The van der Waals surface area contributed by atoms with E-state index in [1.807, 2.05) is 30.3 Å². The van der Waals surface area contributed by atoms with E-state index in [-0.39, 0.29) is 11.3 Å². The molecule has 0 aliphatic carbocycles. The van der Waals surface area contributed by atoms with Gasteiger partial charge in [0.25, 0.3) is 5.91 Å². The Morgan fingerprint density at radius 3 is 2.38 bits per heavy atom. The number of piperidine rings is 1. The molecule has 26 heavy (non-hydrogen) atoms. The van der Waals surface area contributed by atoms with Gasteiger partial charge in [-0.25, -0.2) is 0 Å². The number of nitrogens with zero attached hydrogens (tertiary/aromatic N) is 1. The summed E-state index contributed by atoms with van der Waals surface area (Å²) in [6.45, 7) is 4.43. The number of benzene rings is 2. The molecule has 0 aromatic heterocycles. The molecule has 136 valence electrons. The smallest absolute Gasteiger partial charge is 0.253 e. The van der Waals surface area contributed by atoms with Gasteiger partial charge in [-0.3, -0.25) is 4.79 Å². The SMILES string of the molecule is CN1CCC(C)(C2(NC(=O)c3ccccc3)Cc3ccccc3N2)CC1. The lowest BCUT2D eigenvalue weighted by atomic mass is 9.68. The van der Waals surface area contributed by atoms with Crippen molar-refractivity contribution in [2.45, 2.75) is 31.8 Å². The summed E-state index contributed by atoms with van der Waals surface area (Å²) in [6, 6.07) is 17.9. The van der Waals surface area contributed by atoms with Gasteiger partial charge in [0, 0.05) is 23.1 Å². The maximum absolute atomic E-state index is 13.0. The van der Waals surface area contributed by atoms with E-state index >= 15 is 0 Å². The summed E-state index contributed by atoms with van der Waals surface area (Å²) >= 11 is 0. The van der Waals surface area contributed by atoms with Gasteiger partial charge >= 0.3 is 0 Å². The Labute approximate surface area is 155 Å².